The molecule has 1 aromatic heterocycles. The smallest absolute Gasteiger partial charge is 0.123 e. The maximum Gasteiger partial charge on any atom is 0.123 e. The van der Waals surface area contributed by atoms with Crippen molar-refractivity contribution in [2.45, 2.75) is 13.5 Å². The number of nitrogens with zero attached hydrogens (tertiary/aromatic N) is 1. The van der Waals surface area contributed by atoms with Crippen molar-refractivity contribution >= 4 is 10.9 Å². The molecule has 2 nitrogen and oxygen atoms in total. The van der Waals surface area contributed by atoms with Crippen LogP contribution >= 0.6 is 0 Å². The van der Waals surface area contributed by atoms with E-state index in [1.54, 1.807) is 12.1 Å². The first-order valence-electron chi connectivity index (χ1n) is 6.17. The molecular formula is C16H14FNO. The first-order chi connectivity index (χ1) is 9.20. The fraction of sp³-hybridized carbons (Fsp3) is 0.125. The molecule has 0 amide bonds. The van der Waals surface area contributed by atoms with Crippen molar-refractivity contribution in [1.29, 1.82) is 0 Å². The Hall–Kier alpha value is -2.13. The van der Waals surface area contributed by atoms with Gasteiger partial charge in [0.1, 0.15) is 5.82 Å². The van der Waals surface area contributed by atoms with E-state index in [2.05, 4.69) is 0 Å². The van der Waals surface area contributed by atoms with Crippen LogP contribution in [0.3, 0.4) is 0 Å². The second kappa shape index (κ2) is 4.52. The highest BCUT2D eigenvalue weighted by atomic mass is 19.1. The minimum Gasteiger partial charge on any atom is -0.392 e. The summed E-state index contributed by atoms with van der Waals surface area (Å²) in [5, 5.41) is 10.5. The number of aliphatic hydroxyl groups is 1. The molecule has 0 bridgehead atoms. The zero-order valence-electron chi connectivity index (χ0n) is 10.6. The minimum atomic E-state index is -0.243. The summed E-state index contributed by atoms with van der Waals surface area (Å²) in [4.78, 5) is 0. The average Bonchev–Trinajstić information content (AvgIpc) is 2.85. The first-order valence-corrected chi connectivity index (χ1v) is 6.17. The third-order valence-electron chi connectivity index (χ3n) is 3.49. The molecule has 0 unspecified atom stereocenters. The van der Waals surface area contributed by atoms with E-state index >= 15 is 0 Å². The molecule has 0 saturated heterocycles. The molecule has 0 aliphatic heterocycles. The Morgan fingerprint density at radius 1 is 1.05 bits per heavy atom. The molecule has 96 valence electrons. The molecule has 3 heteroatoms. The van der Waals surface area contributed by atoms with Gasteiger partial charge in [0.15, 0.2) is 0 Å². The molecule has 3 rings (SSSR count). The SMILES string of the molecule is Cc1c(CO)ccc2ccn(-c3ccc(F)cc3)c12. The van der Waals surface area contributed by atoms with Crippen molar-refractivity contribution in [3.05, 3.63) is 65.6 Å². The van der Waals surface area contributed by atoms with Crippen LogP contribution in [-0.4, -0.2) is 9.67 Å². The van der Waals surface area contributed by atoms with E-state index in [9.17, 15) is 9.50 Å². The monoisotopic (exact) mass is 255 g/mol. The van der Waals surface area contributed by atoms with E-state index in [1.807, 2.05) is 35.9 Å². The van der Waals surface area contributed by atoms with E-state index < -0.39 is 0 Å². The number of aromatic nitrogens is 1. The van der Waals surface area contributed by atoms with Crippen LogP contribution < -0.4 is 0 Å². The number of benzene rings is 2. The molecule has 19 heavy (non-hydrogen) atoms. The summed E-state index contributed by atoms with van der Waals surface area (Å²) in [6, 6.07) is 12.4. The predicted molar refractivity (Wildman–Crippen MR) is 73.9 cm³/mol. The summed E-state index contributed by atoms with van der Waals surface area (Å²) in [6.07, 6.45) is 1.96. The summed E-state index contributed by atoms with van der Waals surface area (Å²) in [5.41, 5.74) is 3.93. The lowest BCUT2D eigenvalue weighted by Gasteiger charge is -2.10. The highest BCUT2D eigenvalue weighted by Crippen LogP contribution is 2.26. The summed E-state index contributed by atoms with van der Waals surface area (Å²) >= 11 is 0. The Balaban J connectivity index is 2.27. The van der Waals surface area contributed by atoms with E-state index in [0.717, 1.165) is 27.7 Å². The van der Waals surface area contributed by atoms with Crippen LogP contribution in [0.1, 0.15) is 11.1 Å². The van der Waals surface area contributed by atoms with Crippen LogP contribution in [0.25, 0.3) is 16.6 Å². The highest BCUT2D eigenvalue weighted by Gasteiger charge is 2.09. The van der Waals surface area contributed by atoms with Crippen molar-refractivity contribution < 1.29 is 9.50 Å². The maximum absolute atomic E-state index is 13.0. The van der Waals surface area contributed by atoms with Gasteiger partial charge in [0.25, 0.3) is 0 Å². The number of aliphatic hydroxyl groups excluding tert-OH is 1. The molecular weight excluding hydrogens is 241 g/mol. The fourth-order valence-corrected chi connectivity index (χ4v) is 2.43. The van der Waals surface area contributed by atoms with Crippen LogP contribution in [0.2, 0.25) is 0 Å². The van der Waals surface area contributed by atoms with E-state index in [-0.39, 0.29) is 12.4 Å². The molecule has 0 spiro atoms. The van der Waals surface area contributed by atoms with E-state index in [0.29, 0.717) is 0 Å². The molecule has 0 atom stereocenters. The fourth-order valence-electron chi connectivity index (χ4n) is 2.43. The quantitative estimate of drug-likeness (QED) is 0.744. The van der Waals surface area contributed by atoms with Crippen molar-refractivity contribution in [1.82, 2.24) is 4.57 Å². The zero-order chi connectivity index (χ0) is 13.4. The minimum absolute atomic E-state index is 0.0242. The van der Waals surface area contributed by atoms with Gasteiger partial charge in [-0.3, -0.25) is 0 Å². The summed E-state index contributed by atoms with van der Waals surface area (Å²) in [6.45, 7) is 2.02. The van der Waals surface area contributed by atoms with Gasteiger partial charge < -0.3 is 9.67 Å². The van der Waals surface area contributed by atoms with Gasteiger partial charge in [0.2, 0.25) is 0 Å². The normalized spacial score (nSPS) is 11.1. The van der Waals surface area contributed by atoms with Crippen LogP contribution in [0.4, 0.5) is 4.39 Å². The Kier molecular flexibility index (Phi) is 2.84. The molecule has 0 saturated carbocycles. The first kappa shape index (κ1) is 11.9. The second-order valence-electron chi connectivity index (χ2n) is 4.61. The Morgan fingerprint density at radius 3 is 2.47 bits per heavy atom. The Labute approximate surface area is 110 Å². The molecule has 3 aromatic rings. The largest absolute Gasteiger partial charge is 0.392 e. The van der Waals surface area contributed by atoms with Crippen LogP contribution in [-0.2, 0) is 6.61 Å². The van der Waals surface area contributed by atoms with Gasteiger partial charge in [-0.15, -0.1) is 0 Å². The lowest BCUT2D eigenvalue weighted by molar-refractivity contribution is 0.281. The van der Waals surface area contributed by atoms with Crippen molar-refractivity contribution in [2.75, 3.05) is 0 Å². The third kappa shape index (κ3) is 1.92. The van der Waals surface area contributed by atoms with Crippen LogP contribution in [0.5, 0.6) is 0 Å². The van der Waals surface area contributed by atoms with Gasteiger partial charge in [0.05, 0.1) is 12.1 Å². The van der Waals surface area contributed by atoms with Crippen molar-refractivity contribution in [3.8, 4) is 5.69 Å². The molecule has 0 aliphatic carbocycles. The highest BCUT2D eigenvalue weighted by molar-refractivity contribution is 5.86. The molecule has 1 heterocycles. The molecule has 0 aliphatic rings. The molecule has 2 aromatic carbocycles. The molecule has 0 fully saturated rings. The van der Waals surface area contributed by atoms with Gasteiger partial charge >= 0.3 is 0 Å². The lowest BCUT2D eigenvalue weighted by Crippen LogP contribution is -1.96. The predicted octanol–water partition coefficient (Wildman–Crippen LogP) is 3.57. The average molecular weight is 255 g/mol. The topological polar surface area (TPSA) is 25.2 Å². The number of rotatable bonds is 2. The van der Waals surface area contributed by atoms with Crippen LogP contribution in [0.15, 0.2) is 48.7 Å². The molecule has 1 N–H and O–H groups in total. The number of hydrogen-bond acceptors (Lipinski definition) is 1. The van der Waals surface area contributed by atoms with Crippen molar-refractivity contribution in [2.24, 2.45) is 0 Å². The summed E-state index contributed by atoms with van der Waals surface area (Å²) < 4.78 is 15.0. The lowest BCUT2D eigenvalue weighted by atomic mass is 10.1. The Morgan fingerprint density at radius 2 is 1.79 bits per heavy atom. The zero-order valence-corrected chi connectivity index (χ0v) is 10.6. The van der Waals surface area contributed by atoms with Gasteiger partial charge in [-0.1, -0.05) is 12.1 Å². The van der Waals surface area contributed by atoms with Crippen LogP contribution in [0, 0.1) is 12.7 Å². The Bertz CT molecular complexity index is 728. The second-order valence-corrected chi connectivity index (χ2v) is 4.61. The van der Waals surface area contributed by atoms with Crippen molar-refractivity contribution in [3.63, 3.8) is 0 Å². The third-order valence-corrected chi connectivity index (χ3v) is 3.49. The number of fused-ring (bicyclic) bond motifs is 1. The van der Waals surface area contributed by atoms with Gasteiger partial charge in [-0.05, 0) is 48.4 Å². The number of halogens is 1. The number of hydrogen-bond donors (Lipinski definition) is 1. The van der Waals surface area contributed by atoms with Gasteiger partial charge in [-0.25, -0.2) is 4.39 Å². The molecule has 0 radical (unpaired) electrons. The van der Waals surface area contributed by atoms with Gasteiger partial charge in [-0.2, -0.15) is 0 Å². The summed E-state index contributed by atoms with van der Waals surface area (Å²) in [7, 11) is 0. The van der Waals surface area contributed by atoms with Gasteiger partial charge in [0, 0.05) is 17.3 Å². The standard InChI is InChI=1S/C16H14FNO/c1-11-13(10-19)3-2-12-8-9-18(16(11)12)15-6-4-14(17)5-7-15/h2-9,19H,10H2,1H3. The van der Waals surface area contributed by atoms with E-state index in [4.69, 9.17) is 0 Å². The summed E-state index contributed by atoms with van der Waals surface area (Å²) in [5.74, 6) is -0.243. The number of aryl methyl sites for hydroxylation is 1. The van der Waals surface area contributed by atoms with E-state index in [1.165, 1.54) is 12.1 Å². The maximum atomic E-state index is 13.0.